The monoisotopic (exact) mass is 701 g/mol. The van der Waals surface area contributed by atoms with E-state index >= 15 is 0 Å². The Bertz CT molecular complexity index is 1810. The smallest absolute Gasteiger partial charge is 0.346 e. The number of ether oxygens (including phenoxy) is 3. The van der Waals surface area contributed by atoms with Gasteiger partial charge in [-0.15, -0.1) is 0 Å². The highest BCUT2D eigenvalue weighted by molar-refractivity contribution is 14.1. The van der Waals surface area contributed by atoms with Crippen molar-refractivity contribution in [3.8, 4) is 23.1 Å². The number of carbonyl (C=O) groups is 1. The highest BCUT2D eigenvalue weighted by atomic mass is 127. The van der Waals surface area contributed by atoms with E-state index in [0.717, 1.165) is 9.86 Å². The molecule has 5 rings (SSSR count). The molecule has 0 fully saturated rings. The minimum atomic E-state index is -0.828. The van der Waals surface area contributed by atoms with Gasteiger partial charge in [-0.3, -0.25) is 4.79 Å². The number of halogens is 2. The molecular formula is C28H21BrIN3O6. The van der Waals surface area contributed by atoms with E-state index < -0.39 is 12.1 Å². The minimum absolute atomic E-state index is 0.260. The Kier molecular flexibility index (Phi) is 7.71. The first-order valence-electron chi connectivity index (χ1n) is 11.7. The molecule has 39 heavy (non-hydrogen) atoms. The predicted molar refractivity (Wildman–Crippen MR) is 160 cm³/mol. The summed E-state index contributed by atoms with van der Waals surface area (Å²) < 4.78 is 24.9. The molecule has 2 aromatic heterocycles. The standard InChI is InChI=1S/C28H21BrIN3O6/c1-15(28(35)37-3)38-25-20(30)10-16(11-23(25)36-2)14-31-33-26(32-21-7-5-4-6-19(21)27(33)34)24-13-17-12-18(29)8-9-22(17)39-24/h4-15H,1-3H3/t15-/m1/s1. The summed E-state index contributed by atoms with van der Waals surface area (Å²) in [4.78, 5) is 30.1. The van der Waals surface area contributed by atoms with Gasteiger partial charge < -0.3 is 18.6 Å². The molecule has 5 aromatic rings. The summed E-state index contributed by atoms with van der Waals surface area (Å²) in [5, 5.41) is 5.79. The van der Waals surface area contributed by atoms with Crippen LogP contribution in [0, 0.1) is 3.57 Å². The van der Waals surface area contributed by atoms with Crippen LogP contribution < -0.4 is 15.0 Å². The Balaban J connectivity index is 1.61. The van der Waals surface area contributed by atoms with Gasteiger partial charge in [-0.25, -0.2) is 9.78 Å². The number of para-hydroxylation sites is 1. The molecule has 3 aromatic carbocycles. The van der Waals surface area contributed by atoms with Crippen molar-refractivity contribution in [2.24, 2.45) is 5.10 Å². The van der Waals surface area contributed by atoms with Crippen molar-refractivity contribution in [3.05, 3.63) is 84.6 Å². The van der Waals surface area contributed by atoms with Crippen LogP contribution >= 0.6 is 38.5 Å². The van der Waals surface area contributed by atoms with E-state index in [1.165, 1.54) is 25.1 Å². The zero-order valence-electron chi connectivity index (χ0n) is 21.0. The lowest BCUT2D eigenvalue weighted by Gasteiger charge is -2.17. The summed E-state index contributed by atoms with van der Waals surface area (Å²) in [6, 6.07) is 18.0. The van der Waals surface area contributed by atoms with E-state index in [1.807, 2.05) is 30.3 Å². The number of aromatic nitrogens is 2. The molecule has 11 heteroatoms. The Morgan fingerprint density at radius 1 is 1.15 bits per heavy atom. The third-order valence-electron chi connectivity index (χ3n) is 5.85. The molecule has 0 bridgehead atoms. The van der Waals surface area contributed by atoms with Crippen molar-refractivity contribution in [2.75, 3.05) is 14.2 Å². The number of nitrogens with zero attached hydrogens (tertiary/aromatic N) is 3. The van der Waals surface area contributed by atoms with Crippen LogP contribution in [0.15, 0.2) is 79.4 Å². The number of esters is 1. The molecule has 0 saturated carbocycles. The Hall–Kier alpha value is -3.71. The Morgan fingerprint density at radius 3 is 2.72 bits per heavy atom. The molecule has 0 radical (unpaired) electrons. The molecule has 0 aliphatic rings. The predicted octanol–water partition coefficient (Wildman–Crippen LogP) is 6.01. The second-order valence-corrected chi connectivity index (χ2v) is 10.5. The average Bonchev–Trinajstić information content (AvgIpc) is 3.36. The normalized spacial score (nSPS) is 12.2. The van der Waals surface area contributed by atoms with Gasteiger partial charge >= 0.3 is 5.97 Å². The first-order valence-corrected chi connectivity index (χ1v) is 13.5. The van der Waals surface area contributed by atoms with Gasteiger partial charge in [-0.2, -0.15) is 9.78 Å². The van der Waals surface area contributed by atoms with Gasteiger partial charge in [0.2, 0.25) is 5.82 Å². The highest BCUT2D eigenvalue weighted by Gasteiger charge is 2.20. The van der Waals surface area contributed by atoms with E-state index in [2.05, 4.69) is 43.6 Å². The van der Waals surface area contributed by atoms with Crippen LogP contribution in [0.3, 0.4) is 0 Å². The molecule has 1 atom stereocenters. The first kappa shape index (κ1) is 26.9. The van der Waals surface area contributed by atoms with E-state index in [-0.39, 0.29) is 11.4 Å². The first-order chi connectivity index (χ1) is 18.8. The Labute approximate surface area is 244 Å². The molecule has 0 saturated heterocycles. The van der Waals surface area contributed by atoms with Gasteiger partial charge in [-0.05, 0) is 83.6 Å². The molecule has 0 spiro atoms. The number of hydrogen-bond acceptors (Lipinski definition) is 8. The second-order valence-electron chi connectivity index (χ2n) is 8.42. The molecule has 0 amide bonds. The van der Waals surface area contributed by atoms with Gasteiger partial charge in [0, 0.05) is 9.86 Å². The lowest BCUT2D eigenvalue weighted by atomic mass is 10.2. The van der Waals surface area contributed by atoms with Crippen molar-refractivity contribution in [3.63, 3.8) is 0 Å². The van der Waals surface area contributed by atoms with Crippen LogP contribution in [0.1, 0.15) is 12.5 Å². The maximum absolute atomic E-state index is 13.5. The summed E-state index contributed by atoms with van der Waals surface area (Å²) in [6.45, 7) is 1.59. The van der Waals surface area contributed by atoms with Crippen LogP contribution in [0.5, 0.6) is 11.5 Å². The SMILES string of the molecule is COC(=O)[C@@H](C)Oc1c(I)cc(C=Nn2c(-c3cc4cc(Br)ccc4o3)nc3ccccc3c2=O)cc1OC. The van der Waals surface area contributed by atoms with Crippen molar-refractivity contribution >= 4 is 72.6 Å². The quantitative estimate of drug-likeness (QED) is 0.116. The third kappa shape index (κ3) is 5.41. The number of hydrogen-bond donors (Lipinski definition) is 0. The largest absolute Gasteiger partial charge is 0.493 e. The van der Waals surface area contributed by atoms with E-state index in [9.17, 15) is 9.59 Å². The maximum atomic E-state index is 13.5. The van der Waals surface area contributed by atoms with E-state index in [4.69, 9.17) is 23.6 Å². The fourth-order valence-corrected chi connectivity index (χ4v) is 5.09. The van der Waals surface area contributed by atoms with Crippen LogP contribution in [0.25, 0.3) is 33.5 Å². The third-order valence-corrected chi connectivity index (χ3v) is 7.15. The number of carbonyl (C=O) groups excluding carboxylic acids is 1. The van der Waals surface area contributed by atoms with Gasteiger partial charge in [0.1, 0.15) is 5.58 Å². The van der Waals surface area contributed by atoms with E-state index in [1.54, 1.807) is 37.3 Å². The van der Waals surface area contributed by atoms with Crippen LogP contribution in [-0.4, -0.2) is 42.2 Å². The minimum Gasteiger partial charge on any atom is -0.493 e. The molecule has 2 heterocycles. The topological polar surface area (TPSA) is 105 Å². The van der Waals surface area contributed by atoms with Gasteiger partial charge in [-0.1, -0.05) is 28.1 Å². The maximum Gasteiger partial charge on any atom is 0.346 e. The van der Waals surface area contributed by atoms with Crippen molar-refractivity contribution in [1.82, 2.24) is 9.66 Å². The fourth-order valence-electron chi connectivity index (χ4n) is 3.96. The molecule has 0 unspecified atom stereocenters. The van der Waals surface area contributed by atoms with Gasteiger partial charge in [0.05, 0.1) is 34.9 Å². The summed E-state index contributed by atoms with van der Waals surface area (Å²) in [6.07, 6.45) is 0.699. The number of methoxy groups -OCH3 is 2. The zero-order valence-corrected chi connectivity index (χ0v) is 24.7. The molecular weight excluding hydrogens is 681 g/mol. The molecule has 9 nitrogen and oxygen atoms in total. The average molecular weight is 702 g/mol. The van der Waals surface area contributed by atoms with E-state index in [0.29, 0.717) is 42.9 Å². The van der Waals surface area contributed by atoms with Crippen molar-refractivity contribution in [1.29, 1.82) is 0 Å². The fraction of sp³-hybridized carbons (Fsp3) is 0.143. The summed E-state index contributed by atoms with van der Waals surface area (Å²) >= 11 is 5.56. The lowest BCUT2D eigenvalue weighted by molar-refractivity contribution is -0.147. The van der Waals surface area contributed by atoms with Crippen LogP contribution in [-0.2, 0) is 9.53 Å². The summed E-state index contributed by atoms with van der Waals surface area (Å²) in [5.74, 6) is 0.941. The number of fused-ring (bicyclic) bond motifs is 2. The molecule has 198 valence electrons. The van der Waals surface area contributed by atoms with Gasteiger partial charge in [0.15, 0.2) is 23.4 Å². The number of rotatable bonds is 7. The summed E-state index contributed by atoms with van der Waals surface area (Å²) in [5.41, 5.74) is 1.47. The zero-order chi connectivity index (χ0) is 27.7. The molecule has 0 aliphatic carbocycles. The van der Waals surface area contributed by atoms with Crippen molar-refractivity contribution in [2.45, 2.75) is 13.0 Å². The highest BCUT2D eigenvalue weighted by Crippen LogP contribution is 2.35. The second kappa shape index (κ2) is 11.2. The van der Waals surface area contributed by atoms with Crippen LogP contribution in [0.2, 0.25) is 0 Å². The molecule has 0 N–H and O–H groups in total. The van der Waals surface area contributed by atoms with Crippen molar-refractivity contribution < 1.29 is 23.4 Å². The van der Waals surface area contributed by atoms with Gasteiger partial charge in [0.25, 0.3) is 5.56 Å². The summed E-state index contributed by atoms with van der Waals surface area (Å²) in [7, 11) is 2.80. The number of furan rings is 1. The molecule has 0 aliphatic heterocycles. The number of benzene rings is 3. The lowest BCUT2D eigenvalue weighted by Crippen LogP contribution is -2.25. The Morgan fingerprint density at radius 2 is 1.95 bits per heavy atom. The van der Waals surface area contributed by atoms with Crippen LogP contribution in [0.4, 0.5) is 0 Å².